The number of para-hydroxylation sites is 1. The van der Waals surface area contributed by atoms with Crippen LogP contribution in [0.15, 0.2) is 66.7 Å². The van der Waals surface area contributed by atoms with Crippen LogP contribution >= 0.6 is 23.2 Å². The topological polar surface area (TPSA) is 73.5 Å². The Morgan fingerprint density at radius 1 is 0.889 bits per heavy atom. The number of hydrogen-bond acceptors (Lipinski definition) is 4. The highest BCUT2D eigenvalue weighted by Gasteiger charge is 2.26. The summed E-state index contributed by atoms with van der Waals surface area (Å²) in [6.45, 7) is 8.23. The number of benzene rings is 3. The lowest BCUT2D eigenvalue weighted by Gasteiger charge is -2.35. The molecular formula is C36H45Cl2FN4O2. The molecule has 0 radical (unpaired) electrons. The molecule has 1 aliphatic heterocycles. The molecule has 1 saturated heterocycles. The number of nitrogens with one attached hydrogen (secondary N) is 3. The lowest BCUT2D eigenvalue weighted by molar-refractivity contribution is -0.121. The van der Waals surface area contributed by atoms with Gasteiger partial charge in [0.15, 0.2) is 5.78 Å². The number of Topliss-reactive ketones (excluding diaryl/α,β-unsaturated/α-hetero) is 1. The number of carbonyl (C=O) groups excluding carboxylic acids is 2. The summed E-state index contributed by atoms with van der Waals surface area (Å²) in [7, 11) is 0. The van der Waals surface area contributed by atoms with Crippen molar-refractivity contribution < 1.29 is 14.0 Å². The molecule has 2 atom stereocenters. The fraction of sp³-hybridized carbons (Fsp3) is 0.444. The molecule has 1 heterocycles. The van der Waals surface area contributed by atoms with Crippen LogP contribution in [-0.2, 0) is 24.2 Å². The van der Waals surface area contributed by atoms with Gasteiger partial charge in [-0.15, -0.1) is 0 Å². The normalized spacial score (nSPS) is 15.1. The summed E-state index contributed by atoms with van der Waals surface area (Å²) >= 11 is 12.5. The zero-order chi connectivity index (χ0) is 32.3. The van der Waals surface area contributed by atoms with Crippen LogP contribution in [0.5, 0.6) is 0 Å². The van der Waals surface area contributed by atoms with Crippen molar-refractivity contribution in [1.29, 1.82) is 0 Å². The first kappa shape index (κ1) is 34.7. The van der Waals surface area contributed by atoms with E-state index in [0.29, 0.717) is 40.9 Å². The molecule has 6 nitrogen and oxygen atoms in total. The maximum Gasteiger partial charge on any atom is 0.315 e. The fourth-order valence-corrected chi connectivity index (χ4v) is 6.40. The Kier molecular flexibility index (Phi) is 13.1. The maximum atomic E-state index is 14.1. The second-order valence-electron chi connectivity index (χ2n) is 12.4. The number of nitrogens with zero attached hydrogens (tertiary/aromatic N) is 1. The number of ketones is 1. The minimum atomic E-state index is -0.677. The molecule has 2 amide bonds. The van der Waals surface area contributed by atoms with Crippen molar-refractivity contribution in [1.82, 2.24) is 16.0 Å². The molecule has 1 unspecified atom stereocenters. The van der Waals surface area contributed by atoms with Crippen LogP contribution in [0.4, 0.5) is 14.9 Å². The first-order valence-corrected chi connectivity index (χ1v) is 16.7. The summed E-state index contributed by atoms with van der Waals surface area (Å²) in [4.78, 5) is 28.4. The molecule has 0 aromatic heterocycles. The zero-order valence-corrected chi connectivity index (χ0v) is 27.9. The van der Waals surface area contributed by atoms with Gasteiger partial charge in [-0.1, -0.05) is 65.7 Å². The number of amides is 2. The Labute approximate surface area is 277 Å². The smallest absolute Gasteiger partial charge is 0.315 e. The van der Waals surface area contributed by atoms with E-state index >= 15 is 0 Å². The van der Waals surface area contributed by atoms with Gasteiger partial charge in [0.25, 0.3) is 0 Å². The number of rotatable bonds is 14. The Morgan fingerprint density at radius 2 is 1.58 bits per heavy atom. The molecule has 3 N–H and O–H groups in total. The number of carbonyl (C=O) groups is 2. The third kappa shape index (κ3) is 10.7. The van der Waals surface area contributed by atoms with Crippen LogP contribution in [0.2, 0.25) is 10.0 Å². The molecule has 3 aromatic rings. The Balaban J connectivity index is 1.30. The molecule has 45 heavy (non-hydrogen) atoms. The number of urea groups is 1. The standard InChI is InChI=1S/C36H45Cl2FN4O2/c1-24(2)41-36(45)42-33(21-27-13-14-30(37)22-31(27)38)35(44)15-12-26-16-18-43(19-17-26)34-11-7-5-8-28(34)20-25(3)40-23-29-9-4-6-10-32(29)39/h4-11,13-14,22,24-26,33,40H,12,15-21,23H2,1-3H3,(H2,41,42,45)/t25?,33-/m1/s1. The molecule has 3 aromatic carbocycles. The minimum Gasteiger partial charge on any atom is -0.371 e. The molecule has 9 heteroatoms. The molecule has 0 aliphatic carbocycles. The van der Waals surface area contributed by atoms with Gasteiger partial charge in [0, 0.05) is 65.9 Å². The first-order valence-electron chi connectivity index (χ1n) is 15.9. The van der Waals surface area contributed by atoms with Crippen LogP contribution in [0.3, 0.4) is 0 Å². The van der Waals surface area contributed by atoms with Gasteiger partial charge in [-0.05, 0) is 87.8 Å². The van der Waals surface area contributed by atoms with Gasteiger partial charge < -0.3 is 20.9 Å². The fourth-order valence-electron chi connectivity index (χ4n) is 5.92. The molecule has 1 aliphatic rings. The highest BCUT2D eigenvalue weighted by Crippen LogP contribution is 2.30. The van der Waals surface area contributed by atoms with E-state index in [4.69, 9.17) is 23.2 Å². The van der Waals surface area contributed by atoms with Crippen molar-refractivity contribution in [3.05, 3.63) is 99.3 Å². The van der Waals surface area contributed by atoms with Gasteiger partial charge >= 0.3 is 6.03 Å². The van der Waals surface area contributed by atoms with Crippen molar-refractivity contribution in [3.8, 4) is 0 Å². The lowest BCUT2D eigenvalue weighted by atomic mass is 9.89. The second-order valence-corrected chi connectivity index (χ2v) is 13.3. The Bertz CT molecular complexity index is 1430. The average molecular weight is 656 g/mol. The minimum absolute atomic E-state index is 0.00423. The average Bonchev–Trinajstić information content (AvgIpc) is 3.00. The number of anilines is 1. The van der Waals surface area contributed by atoms with Gasteiger partial charge in [0.1, 0.15) is 5.82 Å². The summed E-state index contributed by atoms with van der Waals surface area (Å²) < 4.78 is 14.1. The van der Waals surface area contributed by atoms with Gasteiger partial charge in [-0.3, -0.25) is 4.79 Å². The van der Waals surface area contributed by atoms with E-state index in [1.54, 1.807) is 24.3 Å². The van der Waals surface area contributed by atoms with Crippen LogP contribution in [-0.4, -0.2) is 43.0 Å². The van der Waals surface area contributed by atoms with Crippen LogP contribution in [0.1, 0.15) is 63.1 Å². The lowest BCUT2D eigenvalue weighted by Crippen LogP contribution is -2.49. The Morgan fingerprint density at radius 3 is 2.27 bits per heavy atom. The van der Waals surface area contributed by atoms with Crippen molar-refractivity contribution in [2.75, 3.05) is 18.0 Å². The maximum absolute atomic E-state index is 14.1. The predicted molar refractivity (Wildman–Crippen MR) is 183 cm³/mol. The quantitative estimate of drug-likeness (QED) is 0.166. The van der Waals surface area contributed by atoms with E-state index in [2.05, 4.69) is 52.0 Å². The predicted octanol–water partition coefficient (Wildman–Crippen LogP) is 7.74. The Hall–Kier alpha value is -3.13. The summed E-state index contributed by atoms with van der Waals surface area (Å²) in [5.41, 5.74) is 3.96. The van der Waals surface area contributed by atoms with Gasteiger partial charge in [-0.25, -0.2) is 9.18 Å². The number of halogens is 3. The first-order chi connectivity index (χ1) is 21.6. The van der Waals surface area contributed by atoms with Crippen LogP contribution < -0.4 is 20.9 Å². The highest BCUT2D eigenvalue weighted by molar-refractivity contribution is 6.35. The summed E-state index contributed by atoms with van der Waals surface area (Å²) in [5.74, 6) is 0.254. The third-order valence-electron chi connectivity index (χ3n) is 8.42. The highest BCUT2D eigenvalue weighted by atomic mass is 35.5. The molecule has 0 spiro atoms. The SMILES string of the molecule is CC(C)NC(=O)N[C@H](Cc1ccc(Cl)cc1Cl)C(=O)CCC1CCN(c2ccccc2CC(C)NCc2ccccc2F)CC1. The number of hydrogen-bond donors (Lipinski definition) is 3. The molecular weight excluding hydrogens is 610 g/mol. The molecule has 242 valence electrons. The van der Waals surface area contributed by atoms with Gasteiger partial charge in [-0.2, -0.15) is 0 Å². The van der Waals surface area contributed by atoms with E-state index in [-0.39, 0.29) is 29.7 Å². The second kappa shape index (κ2) is 17.0. The van der Waals surface area contributed by atoms with Crippen molar-refractivity contribution in [2.24, 2.45) is 5.92 Å². The molecule has 0 bridgehead atoms. The van der Waals surface area contributed by atoms with E-state index in [9.17, 15) is 14.0 Å². The molecule has 0 saturated carbocycles. The van der Waals surface area contributed by atoms with Gasteiger partial charge in [0.2, 0.25) is 0 Å². The van der Waals surface area contributed by atoms with Crippen LogP contribution in [0.25, 0.3) is 0 Å². The number of piperidine rings is 1. The van der Waals surface area contributed by atoms with E-state index in [0.717, 1.165) is 44.3 Å². The van der Waals surface area contributed by atoms with E-state index in [1.165, 1.54) is 17.3 Å². The summed E-state index contributed by atoms with van der Waals surface area (Å²) in [6.07, 6.45) is 4.32. The molecule has 1 fully saturated rings. The summed E-state index contributed by atoms with van der Waals surface area (Å²) in [5, 5.41) is 10.2. The van der Waals surface area contributed by atoms with Crippen LogP contribution in [0, 0.1) is 11.7 Å². The van der Waals surface area contributed by atoms with E-state index in [1.807, 2.05) is 26.0 Å². The third-order valence-corrected chi connectivity index (χ3v) is 9.01. The largest absolute Gasteiger partial charge is 0.371 e. The summed E-state index contributed by atoms with van der Waals surface area (Å²) in [6, 6.07) is 19.7. The van der Waals surface area contributed by atoms with Crippen molar-refractivity contribution in [2.45, 2.75) is 84.0 Å². The van der Waals surface area contributed by atoms with E-state index < -0.39 is 6.04 Å². The van der Waals surface area contributed by atoms with Crippen molar-refractivity contribution >= 4 is 40.7 Å². The van der Waals surface area contributed by atoms with Gasteiger partial charge in [0.05, 0.1) is 6.04 Å². The van der Waals surface area contributed by atoms with Crippen molar-refractivity contribution in [3.63, 3.8) is 0 Å². The monoisotopic (exact) mass is 654 g/mol. The zero-order valence-electron chi connectivity index (χ0n) is 26.4. The molecule has 4 rings (SSSR count).